The highest BCUT2D eigenvalue weighted by molar-refractivity contribution is 6.00. The van der Waals surface area contributed by atoms with Crippen LogP contribution in [0.15, 0.2) is 12.7 Å². The number of nitrogens with zero attached hydrogens (tertiary/aromatic N) is 1. The Morgan fingerprint density at radius 3 is 2.67 bits per heavy atom. The summed E-state index contributed by atoms with van der Waals surface area (Å²) in [5, 5.41) is 2.93. The van der Waals surface area contributed by atoms with Gasteiger partial charge >= 0.3 is 0 Å². The van der Waals surface area contributed by atoms with Gasteiger partial charge in [0.05, 0.1) is 0 Å². The Balaban J connectivity index is 2.27. The summed E-state index contributed by atoms with van der Waals surface area (Å²) >= 11 is 0. The van der Waals surface area contributed by atoms with Crippen molar-refractivity contribution in [1.82, 2.24) is 10.2 Å². The van der Waals surface area contributed by atoms with Crippen LogP contribution < -0.4 is 5.32 Å². The van der Waals surface area contributed by atoms with Gasteiger partial charge in [-0.15, -0.1) is 6.58 Å². The van der Waals surface area contributed by atoms with Crippen molar-refractivity contribution in [3.8, 4) is 0 Å². The van der Waals surface area contributed by atoms with E-state index in [0.29, 0.717) is 12.3 Å². The van der Waals surface area contributed by atoms with E-state index in [2.05, 4.69) is 11.9 Å². The fourth-order valence-electron chi connectivity index (χ4n) is 2.86. The first-order valence-corrected chi connectivity index (χ1v) is 6.67. The molecule has 4 heteroatoms. The van der Waals surface area contributed by atoms with Gasteiger partial charge < -0.3 is 10.2 Å². The fourth-order valence-corrected chi connectivity index (χ4v) is 2.86. The molecule has 1 heterocycles. The van der Waals surface area contributed by atoms with E-state index in [0.717, 1.165) is 12.8 Å². The minimum Gasteiger partial charge on any atom is -0.340 e. The third-order valence-corrected chi connectivity index (χ3v) is 4.23. The third kappa shape index (κ3) is 1.93. The molecule has 0 radical (unpaired) electrons. The van der Waals surface area contributed by atoms with Crippen LogP contribution in [0.25, 0.3) is 0 Å². The molecule has 0 aromatic rings. The van der Waals surface area contributed by atoms with E-state index in [1.165, 1.54) is 0 Å². The van der Waals surface area contributed by atoms with Crippen molar-refractivity contribution in [2.45, 2.75) is 57.7 Å². The SMILES string of the molecule is C=CCC(C)N1C(=O)C(C)(C2CC2)NC(=O)C1C. The van der Waals surface area contributed by atoms with E-state index < -0.39 is 5.54 Å². The summed E-state index contributed by atoms with van der Waals surface area (Å²) in [6.07, 6.45) is 4.57. The minimum atomic E-state index is -0.695. The second-order valence-electron chi connectivity index (χ2n) is 5.73. The molecule has 1 aliphatic carbocycles. The van der Waals surface area contributed by atoms with Gasteiger partial charge in [-0.25, -0.2) is 0 Å². The maximum atomic E-state index is 12.7. The van der Waals surface area contributed by atoms with Crippen LogP contribution in [0.3, 0.4) is 0 Å². The normalized spacial score (nSPS) is 34.2. The molecule has 3 atom stereocenters. The predicted molar refractivity (Wildman–Crippen MR) is 69.9 cm³/mol. The summed E-state index contributed by atoms with van der Waals surface area (Å²) in [6.45, 7) is 9.34. The van der Waals surface area contributed by atoms with Crippen LogP contribution in [0.2, 0.25) is 0 Å². The zero-order chi connectivity index (χ0) is 13.5. The first-order chi connectivity index (χ1) is 8.41. The Morgan fingerprint density at radius 1 is 1.56 bits per heavy atom. The lowest BCUT2D eigenvalue weighted by Gasteiger charge is -2.46. The second kappa shape index (κ2) is 4.41. The van der Waals surface area contributed by atoms with E-state index in [4.69, 9.17) is 0 Å². The molecule has 2 aliphatic rings. The number of hydrogen-bond donors (Lipinski definition) is 1. The van der Waals surface area contributed by atoms with Crippen molar-refractivity contribution < 1.29 is 9.59 Å². The molecule has 2 amide bonds. The Hall–Kier alpha value is -1.32. The predicted octanol–water partition coefficient (Wildman–Crippen LogP) is 1.47. The largest absolute Gasteiger partial charge is 0.340 e. The number of nitrogens with one attached hydrogen (secondary N) is 1. The van der Waals surface area contributed by atoms with Gasteiger partial charge in [0.1, 0.15) is 11.6 Å². The molecule has 0 aromatic carbocycles. The van der Waals surface area contributed by atoms with Crippen LogP contribution in [0, 0.1) is 5.92 Å². The van der Waals surface area contributed by atoms with Gasteiger partial charge in [0.15, 0.2) is 0 Å². The maximum absolute atomic E-state index is 12.7. The first kappa shape index (κ1) is 13.1. The third-order valence-electron chi connectivity index (χ3n) is 4.23. The lowest BCUT2D eigenvalue weighted by molar-refractivity contribution is -0.157. The molecule has 1 N–H and O–H groups in total. The molecule has 0 spiro atoms. The maximum Gasteiger partial charge on any atom is 0.249 e. The summed E-state index contributed by atoms with van der Waals surface area (Å²) in [4.78, 5) is 26.5. The van der Waals surface area contributed by atoms with Crippen LogP contribution in [0.1, 0.15) is 40.0 Å². The first-order valence-electron chi connectivity index (χ1n) is 6.67. The topological polar surface area (TPSA) is 49.4 Å². The molecule has 100 valence electrons. The molecule has 1 saturated carbocycles. The Morgan fingerprint density at radius 2 is 2.17 bits per heavy atom. The van der Waals surface area contributed by atoms with E-state index >= 15 is 0 Å². The molecule has 4 nitrogen and oxygen atoms in total. The highest BCUT2D eigenvalue weighted by Crippen LogP contribution is 2.42. The molecule has 2 fully saturated rings. The molecule has 0 aromatic heterocycles. The lowest BCUT2D eigenvalue weighted by Crippen LogP contribution is -2.70. The van der Waals surface area contributed by atoms with E-state index in [9.17, 15) is 9.59 Å². The summed E-state index contributed by atoms with van der Waals surface area (Å²) in [6, 6.07) is -0.367. The Kier molecular flexibility index (Phi) is 3.21. The van der Waals surface area contributed by atoms with Crippen LogP contribution >= 0.6 is 0 Å². The second-order valence-corrected chi connectivity index (χ2v) is 5.73. The molecular weight excluding hydrogens is 228 g/mol. The van der Waals surface area contributed by atoms with Crippen molar-refractivity contribution in [1.29, 1.82) is 0 Å². The zero-order valence-electron chi connectivity index (χ0n) is 11.4. The van der Waals surface area contributed by atoms with Gasteiger partial charge in [-0.1, -0.05) is 6.08 Å². The van der Waals surface area contributed by atoms with Gasteiger partial charge in [-0.2, -0.15) is 0 Å². The number of hydrogen-bond acceptors (Lipinski definition) is 2. The highest BCUT2D eigenvalue weighted by Gasteiger charge is 2.55. The van der Waals surface area contributed by atoms with Gasteiger partial charge in [-0.3, -0.25) is 9.59 Å². The smallest absolute Gasteiger partial charge is 0.249 e. The molecule has 1 saturated heterocycles. The van der Waals surface area contributed by atoms with Gasteiger partial charge in [0.25, 0.3) is 0 Å². The van der Waals surface area contributed by atoms with Crippen molar-refractivity contribution in [2.75, 3.05) is 0 Å². The van der Waals surface area contributed by atoms with Gasteiger partial charge in [0, 0.05) is 6.04 Å². The summed E-state index contributed by atoms with van der Waals surface area (Å²) in [5.74, 6) is 0.325. The fraction of sp³-hybridized carbons (Fsp3) is 0.714. The van der Waals surface area contributed by atoms with Crippen molar-refractivity contribution in [2.24, 2.45) is 5.92 Å². The number of piperazine rings is 1. The Bertz CT molecular complexity index is 389. The van der Waals surface area contributed by atoms with E-state index in [1.807, 2.05) is 13.8 Å². The average Bonchev–Trinajstić information content (AvgIpc) is 3.11. The van der Waals surface area contributed by atoms with Crippen LogP contribution in [-0.2, 0) is 9.59 Å². The van der Waals surface area contributed by atoms with Gasteiger partial charge in [-0.05, 0) is 46.0 Å². The molecule has 1 aliphatic heterocycles. The average molecular weight is 250 g/mol. The quantitative estimate of drug-likeness (QED) is 0.768. The molecule has 18 heavy (non-hydrogen) atoms. The lowest BCUT2D eigenvalue weighted by atomic mass is 9.88. The summed E-state index contributed by atoms with van der Waals surface area (Å²) in [5.41, 5.74) is -0.695. The van der Waals surface area contributed by atoms with Crippen LogP contribution in [0.4, 0.5) is 0 Å². The van der Waals surface area contributed by atoms with E-state index in [-0.39, 0.29) is 23.9 Å². The molecular formula is C14H22N2O2. The standard InChI is InChI=1S/C14H22N2O2/c1-5-6-9(2)16-10(3)12(17)15-14(4,13(16)18)11-7-8-11/h5,9-11H,1,6-8H2,2-4H3,(H,15,17). The van der Waals surface area contributed by atoms with Crippen molar-refractivity contribution in [3.05, 3.63) is 12.7 Å². The van der Waals surface area contributed by atoms with E-state index in [1.54, 1.807) is 17.9 Å². The zero-order valence-corrected chi connectivity index (χ0v) is 11.4. The monoisotopic (exact) mass is 250 g/mol. The number of carbonyl (C=O) groups is 2. The highest BCUT2D eigenvalue weighted by atomic mass is 16.2. The van der Waals surface area contributed by atoms with Gasteiger partial charge in [0.2, 0.25) is 11.8 Å². The Labute approximate surface area is 108 Å². The minimum absolute atomic E-state index is 0.0223. The molecule has 3 unspecified atom stereocenters. The number of rotatable bonds is 4. The van der Waals surface area contributed by atoms with Crippen LogP contribution in [0.5, 0.6) is 0 Å². The van der Waals surface area contributed by atoms with Crippen molar-refractivity contribution >= 4 is 11.8 Å². The number of carbonyl (C=O) groups excluding carboxylic acids is 2. The molecule has 0 bridgehead atoms. The van der Waals surface area contributed by atoms with Crippen molar-refractivity contribution in [3.63, 3.8) is 0 Å². The summed E-state index contributed by atoms with van der Waals surface area (Å²) < 4.78 is 0. The number of amides is 2. The summed E-state index contributed by atoms with van der Waals surface area (Å²) in [7, 11) is 0. The van der Waals surface area contributed by atoms with Crippen LogP contribution in [-0.4, -0.2) is 34.3 Å². The molecule has 2 rings (SSSR count).